The number of phenolic OH excluding ortho intramolecular Hbond substituents is 1. The van der Waals surface area contributed by atoms with Gasteiger partial charge in [-0.15, -0.1) is 6.07 Å². The molecule has 0 spiro atoms. The van der Waals surface area contributed by atoms with Gasteiger partial charge in [-0.25, -0.2) is 4.39 Å². The Morgan fingerprint density at radius 1 is 0.781 bits per heavy atom. The number of rotatable bonds is 4. The number of benzene rings is 2. The van der Waals surface area contributed by atoms with Crippen LogP contribution in [0.4, 0.5) is 13.2 Å². The summed E-state index contributed by atoms with van der Waals surface area (Å²) in [6.07, 6.45) is 1.43. The largest absolute Gasteiger partial charge is 0.508 e. The van der Waals surface area contributed by atoms with Gasteiger partial charge in [0.2, 0.25) is 0 Å². The Hall–Kier alpha value is -2.98. The van der Waals surface area contributed by atoms with Crippen molar-refractivity contribution in [1.82, 2.24) is 9.97 Å². The SMILES string of the molecule is CC(C)(c1cccc(-c2[c-]c(-c3ccccn3)c(F)c(F)c2F)n1)c1ccccc1O.[Pt]. The molecule has 2 heterocycles. The zero-order valence-electron chi connectivity index (χ0n) is 17.1. The van der Waals surface area contributed by atoms with Crippen LogP contribution in [0.5, 0.6) is 5.75 Å². The first-order chi connectivity index (χ1) is 14.8. The average Bonchev–Trinajstić information content (AvgIpc) is 2.78. The monoisotopic (exact) mass is 614 g/mol. The van der Waals surface area contributed by atoms with Crippen molar-refractivity contribution in [2.75, 3.05) is 0 Å². The number of aromatic nitrogens is 2. The predicted molar refractivity (Wildman–Crippen MR) is 112 cm³/mol. The van der Waals surface area contributed by atoms with Gasteiger partial charge in [0.05, 0.1) is 11.6 Å². The second-order valence-corrected chi connectivity index (χ2v) is 7.58. The van der Waals surface area contributed by atoms with E-state index in [9.17, 15) is 18.3 Å². The van der Waals surface area contributed by atoms with E-state index in [0.29, 0.717) is 11.3 Å². The summed E-state index contributed by atoms with van der Waals surface area (Å²) in [5.41, 5.74) is 0.0591. The molecule has 166 valence electrons. The molecular formula is C25H18F3N2OPt-. The standard InChI is InChI=1S/C25H18F3N2O.Pt/c1-25(2,17-8-3-4-11-20(17)31)21-12-7-10-19(30-21)16-14-15(18-9-5-6-13-29-18)22(26)24(28)23(16)27;/h3-13,31H,1-2H3;/q-1;. The molecule has 0 bridgehead atoms. The van der Waals surface area contributed by atoms with Crippen LogP contribution in [0.25, 0.3) is 22.5 Å². The van der Waals surface area contributed by atoms with E-state index in [0.717, 1.165) is 0 Å². The van der Waals surface area contributed by atoms with Gasteiger partial charge in [-0.1, -0.05) is 67.4 Å². The molecule has 4 aromatic rings. The third kappa shape index (κ3) is 4.20. The second kappa shape index (κ2) is 9.25. The van der Waals surface area contributed by atoms with Crippen molar-refractivity contribution in [2.24, 2.45) is 0 Å². The van der Waals surface area contributed by atoms with Gasteiger partial charge in [0, 0.05) is 55.3 Å². The molecule has 0 atom stereocenters. The first-order valence-corrected chi connectivity index (χ1v) is 9.58. The summed E-state index contributed by atoms with van der Waals surface area (Å²) in [6, 6.07) is 19.1. The maximum atomic E-state index is 14.7. The number of halogens is 3. The molecule has 32 heavy (non-hydrogen) atoms. The maximum Gasteiger partial charge on any atom is 0.128 e. The number of phenols is 1. The minimum atomic E-state index is -1.61. The summed E-state index contributed by atoms with van der Waals surface area (Å²) in [4.78, 5) is 8.52. The average molecular weight is 615 g/mol. The third-order valence-corrected chi connectivity index (χ3v) is 5.22. The molecule has 2 aromatic heterocycles. The van der Waals surface area contributed by atoms with E-state index in [1.165, 1.54) is 18.3 Å². The van der Waals surface area contributed by atoms with Gasteiger partial charge in [-0.3, -0.25) is 18.7 Å². The summed E-state index contributed by atoms with van der Waals surface area (Å²) in [6.45, 7) is 3.72. The molecule has 0 radical (unpaired) electrons. The van der Waals surface area contributed by atoms with E-state index in [1.807, 2.05) is 13.8 Å². The van der Waals surface area contributed by atoms with E-state index < -0.39 is 22.9 Å². The molecule has 0 fully saturated rings. The van der Waals surface area contributed by atoms with Crippen molar-refractivity contribution in [3.8, 4) is 28.3 Å². The minimum Gasteiger partial charge on any atom is -0.508 e. The quantitative estimate of drug-likeness (QED) is 0.225. The van der Waals surface area contributed by atoms with Crippen LogP contribution in [0.15, 0.2) is 66.9 Å². The number of hydrogen-bond acceptors (Lipinski definition) is 3. The van der Waals surface area contributed by atoms with E-state index in [1.54, 1.807) is 48.5 Å². The summed E-state index contributed by atoms with van der Waals surface area (Å²) >= 11 is 0. The number of hydrogen-bond donors (Lipinski definition) is 1. The molecule has 0 saturated heterocycles. The van der Waals surface area contributed by atoms with Gasteiger partial charge in [-0.2, -0.15) is 0 Å². The van der Waals surface area contributed by atoms with Crippen molar-refractivity contribution in [2.45, 2.75) is 19.3 Å². The summed E-state index contributed by atoms with van der Waals surface area (Å²) in [5.74, 6) is -4.24. The fourth-order valence-electron chi connectivity index (χ4n) is 3.48. The molecule has 0 aliphatic heterocycles. The van der Waals surface area contributed by atoms with E-state index in [-0.39, 0.29) is 49.3 Å². The number of nitrogens with zero attached hydrogens (tertiary/aromatic N) is 2. The number of pyridine rings is 2. The molecule has 0 saturated carbocycles. The van der Waals surface area contributed by atoms with Crippen LogP contribution in [0.2, 0.25) is 0 Å². The third-order valence-electron chi connectivity index (χ3n) is 5.22. The van der Waals surface area contributed by atoms with Crippen molar-refractivity contribution in [1.29, 1.82) is 0 Å². The molecule has 0 amide bonds. The van der Waals surface area contributed by atoms with Crippen molar-refractivity contribution >= 4 is 0 Å². The first-order valence-electron chi connectivity index (χ1n) is 9.58. The smallest absolute Gasteiger partial charge is 0.128 e. The number of aromatic hydroxyl groups is 1. The molecule has 2 aromatic carbocycles. The van der Waals surface area contributed by atoms with Crippen molar-refractivity contribution in [3.63, 3.8) is 0 Å². The Labute approximate surface area is 198 Å². The Kier molecular flexibility index (Phi) is 6.85. The molecule has 0 aliphatic rings. The van der Waals surface area contributed by atoms with Gasteiger partial charge in [0.15, 0.2) is 0 Å². The molecule has 1 N–H and O–H groups in total. The van der Waals surface area contributed by atoms with Gasteiger partial charge in [0.1, 0.15) is 11.6 Å². The van der Waals surface area contributed by atoms with Crippen LogP contribution >= 0.6 is 0 Å². The van der Waals surface area contributed by atoms with Crippen molar-refractivity contribution < 1.29 is 39.3 Å². The molecule has 4 rings (SSSR count). The fraction of sp³-hybridized carbons (Fsp3) is 0.120. The maximum absolute atomic E-state index is 14.7. The normalized spacial score (nSPS) is 11.2. The Morgan fingerprint density at radius 2 is 1.41 bits per heavy atom. The van der Waals surface area contributed by atoms with Crippen LogP contribution in [0.1, 0.15) is 25.1 Å². The van der Waals surface area contributed by atoms with Crippen LogP contribution in [0, 0.1) is 23.5 Å². The van der Waals surface area contributed by atoms with Crippen molar-refractivity contribution in [3.05, 3.63) is 102 Å². The summed E-state index contributed by atoms with van der Waals surface area (Å²) in [7, 11) is 0. The zero-order valence-corrected chi connectivity index (χ0v) is 19.4. The van der Waals surface area contributed by atoms with Gasteiger partial charge in [-0.05, 0) is 18.2 Å². The van der Waals surface area contributed by atoms with Gasteiger partial charge >= 0.3 is 0 Å². The first kappa shape index (κ1) is 23.7. The Morgan fingerprint density at radius 3 is 2.06 bits per heavy atom. The molecular weight excluding hydrogens is 596 g/mol. The molecule has 7 heteroatoms. The van der Waals surface area contributed by atoms with E-state index in [2.05, 4.69) is 16.0 Å². The minimum absolute atomic E-state index is 0. The van der Waals surface area contributed by atoms with Crippen LogP contribution in [0.3, 0.4) is 0 Å². The second-order valence-electron chi connectivity index (χ2n) is 7.58. The molecule has 0 unspecified atom stereocenters. The van der Waals surface area contributed by atoms with Crippen LogP contribution < -0.4 is 0 Å². The molecule has 3 nitrogen and oxygen atoms in total. The van der Waals surface area contributed by atoms with Crippen LogP contribution in [-0.2, 0) is 26.5 Å². The fourth-order valence-corrected chi connectivity index (χ4v) is 3.48. The summed E-state index contributed by atoms with van der Waals surface area (Å²) < 4.78 is 43.6. The Balaban J connectivity index is 0.00000289. The molecule has 0 aliphatic carbocycles. The van der Waals surface area contributed by atoms with Gasteiger partial charge < -0.3 is 5.11 Å². The Bertz CT molecular complexity index is 1260. The topological polar surface area (TPSA) is 46.0 Å². The van der Waals surface area contributed by atoms with Gasteiger partial charge in [0.25, 0.3) is 0 Å². The zero-order chi connectivity index (χ0) is 22.2. The summed E-state index contributed by atoms with van der Waals surface area (Å²) in [5, 5.41) is 10.3. The van der Waals surface area contributed by atoms with Crippen LogP contribution in [-0.4, -0.2) is 15.1 Å². The predicted octanol–water partition coefficient (Wildman–Crippen LogP) is 6.06. The number of para-hydroxylation sites is 1. The van der Waals surface area contributed by atoms with E-state index >= 15 is 0 Å². The van der Waals surface area contributed by atoms with E-state index in [4.69, 9.17) is 0 Å².